The molecular weight excluding hydrogens is 272 g/mol. The molecule has 0 rings (SSSR count). The molecule has 0 aliphatic heterocycles. The van der Waals surface area contributed by atoms with E-state index in [1.54, 1.807) is 6.92 Å². The molecule has 0 bridgehead atoms. The van der Waals surface area contributed by atoms with E-state index in [-0.39, 0.29) is 6.61 Å². The van der Waals surface area contributed by atoms with Crippen molar-refractivity contribution >= 4 is 0 Å². The Morgan fingerprint density at radius 2 is 0.909 bits per heavy atom. The van der Waals surface area contributed by atoms with Gasteiger partial charge in [0.15, 0.2) is 0 Å². The van der Waals surface area contributed by atoms with Crippen molar-refractivity contribution in [1.29, 1.82) is 0 Å². The first-order valence-electron chi connectivity index (χ1n) is 9.70. The maximum Gasteiger partial charge on any atom is 0.0431 e. The number of hydrogen-bond donors (Lipinski definition) is 2. The van der Waals surface area contributed by atoms with E-state index in [0.717, 1.165) is 6.42 Å². The first kappa shape index (κ1) is 23.9. The van der Waals surface area contributed by atoms with Crippen LogP contribution in [0.5, 0.6) is 0 Å². The fraction of sp³-hybridized carbons (Fsp3) is 0.900. The van der Waals surface area contributed by atoms with Crippen LogP contribution in [0.2, 0.25) is 0 Å². The predicted molar refractivity (Wildman–Crippen MR) is 99.3 cm³/mol. The lowest BCUT2D eigenvalue weighted by Crippen LogP contribution is -1.83. The van der Waals surface area contributed by atoms with Crippen LogP contribution in [0.15, 0.2) is 12.2 Å². The van der Waals surface area contributed by atoms with Crippen LogP contribution in [0.1, 0.15) is 104 Å². The summed E-state index contributed by atoms with van der Waals surface area (Å²) < 4.78 is 0. The summed E-state index contributed by atoms with van der Waals surface area (Å²) in [4.78, 5) is 0. The maximum atomic E-state index is 8.66. The maximum absolute atomic E-state index is 8.66. The number of aliphatic hydroxyl groups is 2. The van der Waals surface area contributed by atoms with E-state index >= 15 is 0 Å². The molecule has 0 fully saturated rings. The third kappa shape index (κ3) is 27.9. The van der Waals surface area contributed by atoms with Gasteiger partial charge in [-0.15, -0.1) is 0 Å². The van der Waals surface area contributed by atoms with Crippen LogP contribution in [0.4, 0.5) is 0 Å². The summed E-state index contributed by atoms with van der Waals surface area (Å²) in [6, 6.07) is 0. The van der Waals surface area contributed by atoms with Crippen LogP contribution >= 0.6 is 0 Å². The molecule has 2 N–H and O–H groups in total. The second kappa shape index (κ2) is 25.6. The zero-order chi connectivity index (χ0) is 16.7. The van der Waals surface area contributed by atoms with Gasteiger partial charge in [0, 0.05) is 13.2 Å². The molecule has 0 saturated heterocycles. The van der Waals surface area contributed by atoms with Gasteiger partial charge in [0.1, 0.15) is 0 Å². The Hall–Kier alpha value is -0.340. The lowest BCUT2D eigenvalue weighted by molar-refractivity contribution is 0.282. The molecule has 0 aliphatic rings. The van der Waals surface area contributed by atoms with E-state index in [1.165, 1.54) is 83.5 Å². The van der Waals surface area contributed by atoms with E-state index in [9.17, 15) is 0 Å². The Bertz CT molecular complexity index is 190. The normalized spacial score (nSPS) is 10.7. The molecule has 0 heterocycles. The molecule has 0 aromatic rings. The molecule has 2 nitrogen and oxygen atoms in total. The van der Waals surface area contributed by atoms with E-state index < -0.39 is 0 Å². The largest absolute Gasteiger partial charge is 0.397 e. The van der Waals surface area contributed by atoms with Crippen molar-refractivity contribution in [2.75, 3.05) is 13.2 Å². The van der Waals surface area contributed by atoms with Gasteiger partial charge in [-0.3, -0.25) is 0 Å². The minimum Gasteiger partial charge on any atom is -0.397 e. The van der Waals surface area contributed by atoms with Gasteiger partial charge in [-0.1, -0.05) is 76.9 Å². The summed E-state index contributed by atoms with van der Waals surface area (Å²) in [5.74, 6) is 0. The Labute approximate surface area is 140 Å². The molecule has 0 amide bonds. The van der Waals surface area contributed by atoms with E-state index in [4.69, 9.17) is 10.2 Å². The molecular formula is C20H42O2. The number of hydrogen-bond acceptors (Lipinski definition) is 2. The highest BCUT2D eigenvalue weighted by atomic mass is 16.3. The summed E-state index contributed by atoms with van der Waals surface area (Å²) in [6.45, 7) is 4.57. The third-order valence-corrected chi connectivity index (χ3v) is 3.67. The second-order valence-corrected chi connectivity index (χ2v) is 5.98. The summed E-state index contributed by atoms with van der Waals surface area (Å²) in [5.41, 5.74) is 0. The van der Waals surface area contributed by atoms with Gasteiger partial charge in [-0.05, 0) is 39.0 Å². The van der Waals surface area contributed by atoms with Gasteiger partial charge in [-0.2, -0.15) is 0 Å². The van der Waals surface area contributed by atoms with Crippen molar-refractivity contribution in [3.05, 3.63) is 12.2 Å². The van der Waals surface area contributed by atoms with E-state index in [1.807, 2.05) is 0 Å². The lowest BCUT2D eigenvalue weighted by atomic mass is 10.1. The molecule has 22 heavy (non-hydrogen) atoms. The first-order valence-corrected chi connectivity index (χ1v) is 9.70. The number of allylic oxidation sites excluding steroid dienone is 2. The van der Waals surface area contributed by atoms with E-state index in [2.05, 4.69) is 19.1 Å². The zero-order valence-electron chi connectivity index (χ0n) is 15.4. The molecule has 134 valence electrons. The highest BCUT2D eigenvalue weighted by Gasteiger charge is 1.90. The van der Waals surface area contributed by atoms with Crippen LogP contribution in [0.25, 0.3) is 0 Å². The molecule has 0 radical (unpaired) electrons. The van der Waals surface area contributed by atoms with Gasteiger partial charge in [0.2, 0.25) is 0 Å². The van der Waals surface area contributed by atoms with Crippen LogP contribution in [0, 0.1) is 0 Å². The highest BCUT2D eigenvalue weighted by Crippen LogP contribution is 2.09. The molecule has 0 unspecified atom stereocenters. The predicted octanol–water partition coefficient (Wildman–Crippen LogP) is 6.01. The molecule has 0 aliphatic carbocycles. The molecule has 0 saturated carbocycles. The fourth-order valence-corrected chi connectivity index (χ4v) is 2.36. The topological polar surface area (TPSA) is 40.5 Å². The van der Waals surface area contributed by atoms with Crippen molar-refractivity contribution in [2.45, 2.75) is 104 Å². The summed E-state index contributed by atoms with van der Waals surface area (Å²) in [7, 11) is 0. The van der Waals surface area contributed by atoms with Crippen LogP contribution in [-0.2, 0) is 0 Å². The van der Waals surface area contributed by atoms with Gasteiger partial charge >= 0.3 is 0 Å². The molecule has 0 atom stereocenters. The highest BCUT2D eigenvalue weighted by molar-refractivity contribution is 4.81. The van der Waals surface area contributed by atoms with Crippen LogP contribution in [-0.4, -0.2) is 23.4 Å². The lowest BCUT2D eigenvalue weighted by Gasteiger charge is -1.99. The average Bonchev–Trinajstić information content (AvgIpc) is 2.52. The smallest absolute Gasteiger partial charge is 0.0431 e. The summed E-state index contributed by atoms with van der Waals surface area (Å²) in [5, 5.41) is 16.2. The standard InChI is InChI=1S/C18H36O.C2H6O/c1-2-3-4-5-6-7-8-9-10-11-12-13-14-15-16-17-18-19;1-2-3/h9-10,19H,2-8,11-18H2,1H3;3H,2H2,1H3. The van der Waals surface area contributed by atoms with Crippen molar-refractivity contribution in [2.24, 2.45) is 0 Å². The van der Waals surface area contributed by atoms with Gasteiger partial charge < -0.3 is 10.2 Å². The molecule has 0 aromatic carbocycles. The van der Waals surface area contributed by atoms with E-state index in [0.29, 0.717) is 6.61 Å². The van der Waals surface area contributed by atoms with Gasteiger partial charge in [-0.25, -0.2) is 0 Å². The Balaban J connectivity index is 0. The van der Waals surface area contributed by atoms with Crippen molar-refractivity contribution in [1.82, 2.24) is 0 Å². The minimum atomic E-state index is 0.250. The Morgan fingerprint density at radius 3 is 1.32 bits per heavy atom. The summed E-state index contributed by atoms with van der Waals surface area (Å²) in [6.07, 6.45) is 23.2. The molecule has 0 spiro atoms. The quantitative estimate of drug-likeness (QED) is 0.287. The fourth-order valence-electron chi connectivity index (χ4n) is 2.36. The zero-order valence-corrected chi connectivity index (χ0v) is 15.4. The van der Waals surface area contributed by atoms with Crippen LogP contribution < -0.4 is 0 Å². The van der Waals surface area contributed by atoms with Gasteiger partial charge in [0.25, 0.3) is 0 Å². The van der Waals surface area contributed by atoms with Crippen LogP contribution in [0.3, 0.4) is 0 Å². The molecule has 2 heteroatoms. The average molecular weight is 315 g/mol. The molecule has 0 aromatic heterocycles. The van der Waals surface area contributed by atoms with Crippen molar-refractivity contribution in [3.8, 4) is 0 Å². The van der Waals surface area contributed by atoms with Crippen molar-refractivity contribution in [3.63, 3.8) is 0 Å². The second-order valence-electron chi connectivity index (χ2n) is 5.98. The first-order chi connectivity index (χ1) is 10.8. The number of unbranched alkanes of at least 4 members (excludes halogenated alkanes) is 12. The Kier molecular flexibility index (Phi) is 27.8. The Morgan fingerprint density at radius 1 is 0.545 bits per heavy atom. The SMILES string of the molecule is CCCCCCCCC=CCCCCCCCCO.CCO. The third-order valence-electron chi connectivity index (χ3n) is 3.67. The number of aliphatic hydroxyl groups excluding tert-OH is 2. The van der Waals surface area contributed by atoms with Gasteiger partial charge in [0.05, 0.1) is 0 Å². The number of rotatable bonds is 15. The monoisotopic (exact) mass is 314 g/mol. The summed E-state index contributed by atoms with van der Waals surface area (Å²) >= 11 is 0. The van der Waals surface area contributed by atoms with Crippen molar-refractivity contribution < 1.29 is 10.2 Å². The minimum absolute atomic E-state index is 0.250.